The van der Waals surface area contributed by atoms with Crippen molar-refractivity contribution in [1.29, 1.82) is 0 Å². The van der Waals surface area contributed by atoms with Gasteiger partial charge in [-0.15, -0.1) is 0 Å². The highest BCUT2D eigenvalue weighted by Crippen LogP contribution is 2.30. The standard InChI is InChI=1S/C11H18O2/c1-8(9(2)11(12)13)10-6-4-3-5-7-10/h10H,3-7H2,1-2H3,(H,12,13). The van der Waals surface area contributed by atoms with Crippen molar-refractivity contribution in [2.75, 3.05) is 0 Å². The second-order valence-electron chi connectivity index (χ2n) is 3.95. The number of rotatable bonds is 2. The van der Waals surface area contributed by atoms with Gasteiger partial charge in [-0.25, -0.2) is 4.79 Å². The van der Waals surface area contributed by atoms with E-state index in [1.165, 1.54) is 32.1 Å². The lowest BCUT2D eigenvalue weighted by atomic mass is 9.83. The van der Waals surface area contributed by atoms with Gasteiger partial charge >= 0.3 is 5.97 Å². The number of aliphatic carboxylic acids is 1. The van der Waals surface area contributed by atoms with Gasteiger partial charge in [-0.2, -0.15) is 0 Å². The van der Waals surface area contributed by atoms with E-state index < -0.39 is 5.97 Å². The molecule has 2 nitrogen and oxygen atoms in total. The molecule has 1 aliphatic rings. The van der Waals surface area contributed by atoms with Crippen LogP contribution in [-0.2, 0) is 4.79 Å². The SMILES string of the molecule is CC(C(=O)O)=C(C)C1CCCCC1. The van der Waals surface area contributed by atoms with Gasteiger partial charge in [0, 0.05) is 5.57 Å². The zero-order valence-electron chi connectivity index (χ0n) is 8.47. The average molecular weight is 182 g/mol. The Balaban J connectivity index is 2.68. The highest BCUT2D eigenvalue weighted by molar-refractivity contribution is 5.86. The molecule has 0 aromatic carbocycles. The predicted molar refractivity (Wildman–Crippen MR) is 52.6 cm³/mol. The summed E-state index contributed by atoms with van der Waals surface area (Å²) in [5, 5.41) is 8.83. The summed E-state index contributed by atoms with van der Waals surface area (Å²) in [4.78, 5) is 10.7. The van der Waals surface area contributed by atoms with E-state index in [0.717, 1.165) is 5.57 Å². The van der Waals surface area contributed by atoms with Gasteiger partial charge < -0.3 is 5.11 Å². The van der Waals surface area contributed by atoms with Crippen LogP contribution in [-0.4, -0.2) is 11.1 Å². The Morgan fingerprint density at radius 1 is 1.15 bits per heavy atom. The molecule has 13 heavy (non-hydrogen) atoms. The number of hydrogen-bond donors (Lipinski definition) is 1. The first-order valence-electron chi connectivity index (χ1n) is 5.03. The summed E-state index contributed by atoms with van der Waals surface area (Å²) >= 11 is 0. The van der Waals surface area contributed by atoms with Crippen LogP contribution in [0.2, 0.25) is 0 Å². The van der Waals surface area contributed by atoms with Crippen LogP contribution in [0.3, 0.4) is 0 Å². The maximum Gasteiger partial charge on any atom is 0.331 e. The number of carboxylic acids is 1. The van der Waals surface area contributed by atoms with E-state index in [1.54, 1.807) is 6.92 Å². The lowest BCUT2D eigenvalue weighted by molar-refractivity contribution is -0.132. The summed E-state index contributed by atoms with van der Waals surface area (Å²) in [7, 11) is 0. The topological polar surface area (TPSA) is 37.3 Å². The highest BCUT2D eigenvalue weighted by atomic mass is 16.4. The molecule has 0 aromatic heterocycles. The van der Waals surface area contributed by atoms with Crippen molar-refractivity contribution in [3.8, 4) is 0 Å². The van der Waals surface area contributed by atoms with Gasteiger partial charge in [0.25, 0.3) is 0 Å². The Morgan fingerprint density at radius 2 is 1.69 bits per heavy atom. The van der Waals surface area contributed by atoms with Gasteiger partial charge in [-0.05, 0) is 32.6 Å². The molecular weight excluding hydrogens is 164 g/mol. The fraction of sp³-hybridized carbons (Fsp3) is 0.727. The third-order valence-corrected chi connectivity index (χ3v) is 3.13. The van der Waals surface area contributed by atoms with Crippen LogP contribution in [0.15, 0.2) is 11.1 Å². The summed E-state index contributed by atoms with van der Waals surface area (Å²) in [5.74, 6) is -0.229. The van der Waals surface area contributed by atoms with E-state index >= 15 is 0 Å². The highest BCUT2D eigenvalue weighted by Gasteiger charge is 2.18. The number of allylic oxidation sites excluding steroid dienone is 1. The smallest absolute Gasteiger partial charge is 0.331 e. The molecule has 0 atom stereocenters. The van der Waals surface area contributed by atoms with Gasteiger partial charge in [0.15, 0.2) is 0 Å². The minimum Gasteiger partial charge on any atom is -0.478 e. The number of carbonyl (C=O) groups is 1. The minimum absolute atomic E-state index is 0.532. The molecule has 0 aliphatic heterocycles. The fourth-order valence-electron chi connectivity index (χ4n) is 2.01. The van der Waals surface area contributed by atoms with Gasteiger partial charge in [-0.1, -0.05) is 24.8 Å². The molecule has 0 bridgehead atoms. The van der Waals surface area contributed by atoms with Crippen molar-refractivity contribution < 1.29 is 9.90 Å². The maximum atomic E-state index is 10.7. The molecule has 0 spiro atoms. The van der Waals surface area contributed by atoms with Gasteiger partial charge in [0.1, 0.15) is 0 Å². The van der Waals surface area contributed by atoms with Crippen LogP contribution >= 0.6 is 0 Å². The van der Waals surface area contributed by atoms with E-state index in [9.17, 15) is 4.79 Å². The van der Waals surface area contributed by atoms with Crippen LogP contribution < -0.4 is 0 Å². The van der Waals surface area contributed by atoms with Crippen molar-refractivity contribution in [2.45, 2.75) is 46.0 Å². The molecule has 1 N–H and O–H groups in total. The van der Waals surface area contributed by atoms with Crippen LogP contribution in [0.5, 0.6) is 0 Å². The third kappa shape index (κ3) is 2.58. The zero-order valence-corrected chi connectivity index (χ0v) is 8.47. The van der Waals surface area contributed by atoms with Gasteiger partial charge in [-0.3, -0.25) is 0 Å². The average Bonchev–Trinajstić information content (AvgIpc) is 2.17. The Bertz CT molecular complexity index is 222. The molecule has 0 amide bonds. The summed E-state index contributed by atoms with van der Waals surface area (Å²) in [5.41, 5.74) is 1.64. The van der Waals surface area contributed by atoms with E-state index in [1.807, 2.05) is 6.92 Å². The van der Waals surface area contributed by atoms with Crippen LogP contribution in [0.25, 0.3) is 0 Å². The zero-order chi connectivity index (χ0) is 9.84. The quantitative estimate of drug-likeness (QED) is 0.666. The van der Waals surface area contributed by atoms with Gasteiger partial charge in [0.05, 0.1) is 0 Å². The lowest BCUT2D eigenvalue weighted by Crippen LogP contribution is -2.11. The molecule has 1 fully saturated rings. The third-order valence-electron chi connectivity index (χ3n) is 3.13. The Morgan fingerprint density at radius 3 is 2.15 bits per heavy atom. The van der Waals surface area contributed by atoms with Crippen molar-refractivity contribution in [2.24, 2.45) is 5.92 Å². The number of carboxylic acid groups (broad SMARTS) is 1. The molecule has 0 radical (unpaired) electrons. The Hall–Kier alpha value is -0.790. The molecule has 0 heterocycles. The molecule has 0 unspecified atom stereocenters. The van der Waals surface area contributed by atoms with Crippen molar-refractivity contribution in [3.05, 3.63) is 11.1 Å². The van der Waals surface area contributed by atoms with Crippen LogP contribution in [0, 0.1) is 5.92 Å². The van der Waals surface area contributed by atoms with E-state index in [2.05, 4.69) is 0 Å². The second kappa shape index (κ2) is 4.45. The second-order valence-corrected chi connectivity index (χ2v) is 3.95. The first-order valence-corrected chi connectivity index (χ1v) is 5.03. The maximum absolute atomic E-state index is 10.7. The van der Waals surface area contributed by atoms with Crippen LogP contribution in [0.4, 0.5) is 0 Å². The van der Waals surface area contributed by atoms with Gasteiger partial charge in [0.2, 0.25) is 0 Å². The normalized spacial score (nSPS) is 21.1. The number of hydrogen-bond acceptors (Lipinski definition) is 1. The monoisotopic (exact) mass is 182 g/mol. The van der Waals surface area contributed by atoms with E-state index in [4.69, 9.17) is 5.11 Å². The molecule has 74 valence electrons. The largest absolute Gasteiger partial charge is 0.478 e. The summed E-state index contributed by atoms with van der Waals surface area (Å²) in [6.45, 7) is 3.69. The predicted octanol–water partition coefficient (Wildman–Crippen LogP) is 2.99. The van der Waals surface area contributed by atoms with E-state index in [0.29, 0.717) is 11.5 Å². The molecule has 0 saturated heterocycles. The van der Waals surface area contributed by atoms with E-state index in [-0.39, 0.29) is 0 Å². The Labute approximate surface area is 79.6 Å². The molecule has 1 aliphatic carbocycles. The molecular formula is C11H18O2. The molecule has 1 rings (SSSR count). The van der Waals surface area contributed by atoms with Crippen molar-refractivity contribution in [1.82, 2.24) is 0 Å². The Kier molecular flexibility index (Phi) is 3.52. The summed E-state index contributed by atoms with van der Waals surface area (Å²) in [6, 6.07) is 0. The fourth-order valence-corrected chi connectivity index (χ4v) is 2.01. The first kappa shape index (κ1) is 10.3. The van der Waals surface area contributed by atoms with Crippen molar-refractivity contribution >= 4 is 5.97 Å². The first-order chi connectivity index (χ1) is 6.13. The molecule has 0 aromatic rings. The molecule has 1 saturated carbocycles. The minimum atomic E-state index is -0.761. The van der Waals surface area contributed by atoms with Crippen molar-refractivity contribution in [3.63, 3.8) is 0 Å². The lowest BCUT2D eigenvalue weighted by Gasteiger charge is -2.23. The summed E-state index contributed by atoms with van der Waals surface area (Å²) < 4.78 is 0. The molecule has 2 heteroatoms. The van der Waals surface area contributed by atoms with Crippen LogP contribution in [0.1, 0.15) is 46.0 Å². The summed E-state index contributed by atoms with van der Waals surface area (Å²) in [6.07, 6.45) is 6.19.